The third-order valence-electron chi connectivity index (χ3n) is 4.10. The van der Waals surface area contributed by atoms with Crippen molar-refractivity contribution in [3.8, 4) is 0 Å². The van der Waals surface area contributed by atoms with Crippen LogP contribution in [0.1, 0.15) is 18.1 Å². The van der Waals surface area contributed by atoms with E-state index in [-0.39, 0.29) is 18.1 Å². The Morgan fingerprint density at radius 1 is 1.36 bits per heavy atom. The molecule has 2 aliphatic rings. The first kappa shape index (κ1) is 16.0. The second-order valence-corrected chi connectivity index (χ2v) is 6.48. The molecule has 0 spiro atoms. The highest BCUT2D eigenvalue weighted by atomic mass is 35.5. The monoisotopic (exact) mass is 344 g/mol. The summed E-state index contributed by atoms with van der Waals surface area (Å²) in [5.74, 6) is 0.0184. The highest BCUT2D eigenvalue weighted by Gasteiger charge is 2.34. The van der Waals surface area contributed by atoms with E-state index in [0.29, 0.717) is 42.7 Å². The van der Waals surface area contributed by atoms with Gasteiger partial charge in [0.1, 0.15) is 6.10 Å². The van der Waals surface area contributed by atoms with Gasteiger partial charge in [0.25, 0.3) is 0 Å². The van der Waals surface area contributed by atoms with Crippen molar-refractivity contribution in [1.82, 2.24) is 10.2 Å². The molecule has 1 amide bonds. The van der Waals surface area contributed by atoms with Crippen LogP contribution in [0.25, 0.3) is 0 Å². The molecule has 2 heterocycles. The van der Waals surface area contributed by atoms with E-state index in [9.17, 15) is 9.90 Å². The van der Waals surface area contributed by atoms with Crippen LogP contribution in [0.2, 0.25) is 10.0 Å². The minimum absolute atomic E-state index is 0.0184. The third kappa shape index (κ3) is 3.39. The van der Waals surface area contributed by atoms with Crippen LogP contribution in [0.4, 0.5) is 0 Å². The van der Waals surface area contributed by atoms with Gasteiger partial charge >= 0.3 is 0 Å². The maximum absolute atomic E-state index is 12.5. The lowest BCUT2D eigenvalue weighted by molar-refractivity contribution is -0.141. The highest BCUT2D eigenvalue weighted by molar-refractivity contribution is 6.42. The van der Waals surface area contributed by atoms with E-state index in [1.54, 1.807) is 17.0 Å². The Morgan fingerprint density at radius 3 is 2.86 bits per heavy atom. The van der Waals surface area contributed by atoms with Crippen molar-refractivity contribution >= 4 is 29.1 Å². The SMILES string of the molecule is O=C(C1CC(O)CN1)N1CCOC(c2ccc(Cl)c(Cl)c2)C1. The fourth-order valence-electron chi connectivity index (χ4n) is 2.89. The molecular formula is C15H18Cl2N2O3. The summed E-state index contributed by atoms with van der Waals surface area (Å²) in [5, 5.41) is 13.6. The summed E-state index contributed by atoms with van der Waals surface area (Å²) < 4.78 is 5.76. The Bertz CT molecular complexity index is 570. The molecule has 0 saturated carbocycles. The first-order chi connectivity index (χ1) is 10.5. The van der Waals surface area contributed by atoms with Gasteiger partial charge in [-0.05, 0) is 24.1 Å². The first-order valence-electron chi connectivity index (χ1n) is 7.31. The van der Waals surface area contributed by atoms with E-state index >= 15 is 0 Å². The van der Waals surface area contributed by atoms with Crippen LogP contribution in [0.5, 0.6) is 0 Å². The van der Waals surface area contributed by atoms with Gasteiger partial charge < -0.3 is 20.1 Å². The van der Waals surface area contributed by atoms with E-state index in [0.717, 1.165) is 5.56 Å². The van der Waals surface area contributed by atoms with Gasteiger partial charge in [-0.25, -0.2) is 0 Å². The maximum atomic E-state index is 12.5. The van der Waals surface area contributed by atoms with Gasteiger partial charge in [-0.3, -0.25) is 4.79 Å². The molecule has 2 aliphatic heterocycles. The van der Waals surface area contributed by atoms with E-state index in [1.165, 1.54) is 0 Å². The van der Waals surface area contributed by atoms with Crippen LogP contribution in [-0.2, 0) is 9.53 Å². The summed E-state index contributed by atoms with van der Waals surface area (Å²) in [6.07, 6.45) is -0.187. The normalized spacial score (nSPS) is 28.9. The van der Waals surface area contributed by atoms with Gasteiger partial charge in [-0.2, -0.15) is 0 Å². The zero-order valence-corrected chi connectivity index (χ0v) is 13.5. The Kier molecular flexibility index (Phi) is 4.90. The number of rotatable bonds is 2. The molecule has 2 N–H and O–H groups in total. The first-order valence-corrected chi connectivity index (χ1v) is 8.07. The summed E-state index contributed by atoms with van der Waals surface area (Å²) in [7, 11) is 0. The Balaban J connectivity index is 1.68. The number of β-amino-alcohol motifs (C(OH)–C–C–N with tert-alkyl or cyclic N) is 1. The predicted molar refractivity (Wildman–Crippen MR) is 84.1 cm³/mol. The Morgan fingerprint density at radius 2 is 2.18 bits per heavy atom. The van der Waals surface area contributed by atoms with Gasteiger partial charge in [0, 0.05) is 13.1 Å². The summed E-state index contributed by atoms with van der Waals surface area (Å²) in [6, 6.07) is 5.07. The van der Waals surface area contributed by atoms with Crippen molar-refractivity contribution < 1.29 is 14.6 Å². The lowest BCUT2D eigenvalue weighted by Gasteiger charge is -2.34. The van der Waals surface area contributed by atoms with Crippen LogP contribution < -0.4 is 5.32 Å². The molecule has 0 aromatic heterocycles. The number of nitrogens with zero attached hydrogens (tertiary/aromatic N) is 1. The number of benzene rings is 1. The largest absolute Gasteiger partial charge is 0.392 e. The number of nitrogens with one attached hydrogen (secondary N) is 1. The average Bonchev–Trinajstić information content (AvgIpc) is 2.96. The van der Waals surface area contributed by atoms with Crippen molar-refractivity contribution in [3.63, 3.8) is 0 Å². The molecule has 2 fully saturated rings. The summed E-state index contributed by atoms with van der Waals surface area (Å²) in [5.41, 5.74) is 0.909. The molecule has 3 unspecified atom stereocenters. The standard InChI is InChI=1S/C15H18Cl2N2O3/c16-11-2-1-9(5-12(11)17)14-8-19(3-4-22-14)15(21)13-6-10(20)7-18-13/h1-2,5,10,13-14,18,20H,3-4,6-8H2. The third-order valence-corrected chi connectivity index (χ3v) is 4.84. The van der Waals surface area contributed by atoms with Crippen LogP contribution in [0, 0.1) is 0 Å². The number of aliphatic hydroxyl groups excluding tert-OH is 1. The van der Waals surface area contributed by atoms with E-state index in [4.69, 9.17) is 27.9 Å². The minimum atomic E-state index is -0.444. The minimum Gasteiger partial charge on any atom is -0.392 e. The number of hydrogen-bond acceptors (Lipinski definition) is 4. The molecule has 1 aromatic rings. The van der Waals surface area contributed by atoms with Gasteiger partial charge in [-0.15, -0.1) is 0 Å². The fourth-order valence-corrected chi connectivity index (χ4v) is 3.20. The van der Waals surface area contributed by atoms with Crippen molar-refractivity contribution in [2.24, 2.45) is 0 Å². The van der Waals surface area contributed by atoms with Gasteiger partial charge in [0.15, 0.2) is 0 Å². The number of carbonyl (C=O) groups excluding carboxylic acids is 1. The van der Waals surface area contributed by atoms with Crippen molar-refractivity contribution in [3.05, 3.63) is 33.8 Å². The summed E-state index contributed by atoms with van der Waals surface area (Å²) >= 11 is 12.0. The molecular weight excluding hydrogens is 327 g/mol. The molecule has 7 heteroatoms. The lowest BCUT2D eigenvalue weighted by atomic mass is 10.1. The lowest BCUT2D eigenvalue weighted by Crippen LogP contribution is -2.49. The maximum Gasteiger partial charge on any atom is 0.239 e. The van der Waals surface area contributed by atoms with Gasteiger partial charge in [-0.1, -0.05) is 29.3 Å². The van der Waals surface area contributed by atoms with Gasteiger partial charge in [0.05, 0.1) is 35.3 Å². The molecule has 22 heavy (non-hydrogen) atoms. The number of aliphatic hydroxyl groups is 1. The van der Waals surface area contributed by atoms with Crippen LogP contribution in [0.3, 0.4) is 0 Å². The van der Waals surface area contributed by atoms with Crippen molar-refractivity contribution in [2.45, 2.75) is 24.7 Å². The van der Waals surface area contributed by atoms with Crippen molar-refractivity contribution in [1.29, 1.82) is 0 Å². The molecule has 5 nitrogen and oxygen atoms in total. The van der Waals surface area contributed by atoms with Crippen LogP contribution >= 0.6 is 23.2 Å². The predicted octanol–water partition coefficient (Wildman–Crippen LogP) is 1.62. The molecule has 0 radical (unpaired) electrons. The topological polar surface area (TPSA) is 61.8 Å². The van der Waals surface area contributed by atoms with E-state index in [2.05, 4.69) is 5.32 Å². The number of hydrogen-bond donors (Lipinski definition) is 2. The molecule has 0 bridgehead atoms. The van der Waals surface area contributed by atoms with Gasteiger partial charge in [0.2, 0.25) is 5.91 Å². The molecule has 1 aromatic carbocycles. The molecule has 3 atom stereocenters. The molecule has 3 rings (SSSR count). The smallest absolute Gasteiger partial charge is 0.239 e. The van der Waals surface area contributed by atoms with Crippen LogP contribution in [0.15, 0.2) is 18.2 Å². The zero-order chi connectivity index (χ0) is 15.7. The Hall–Kier alpha value is -0.850. The molecule has 120 valence electrons. The quantitative estimate of drug-likeness (QED) is 0.855. The highest BCUT2D eigenvalue weighted by Crippen LogP contribution is 2.29. The van der Waals surface area contributed by atoms with Crippen molar-refractivity contribution in [2.75, 3.05) is 26.2 Å². The van der Waals surface area contributed by atoms with E-state index < -0.39 is 6.10 Å². The van der Waals surface area contributed by atoms with E-state index in [1.807, 2.05) is 6.07 Å². The Labute approximate surface area is 139 Å². The van der Waals surface area contributed by atoms with Crippen LogP contribution in [-0.4, -0.2) is 54.3 Å². The second-order valence-electron chi connectivity index (χ2n) is 5.67. The number of amides is 1. The summed E-state index contributed by atoms with van der Waals surface area (Å²) in [4.78, 5) is 14.3. The second kappa shape index (κ2) is 6.72. The average molecular weight is 345 g/mol. The fraction of sp³-hybridized carbons (Fsp3) is 0.533. The summed E-state index contributed by atoms with van der Waals surface area (Å²) in [6.45, 7) is 1.99. The number of halogens is 2. The number of ether oxygens (including phenoxy) is 1. The molecule has 0 aliphatic carbocycles. The molecule has 2 saturated heterocycles. The number of carbonyl (C=O) groups is 1. The zero-order valence-electron chi connectivity index (χ0n) is 12.0. The number of morpholine rings is 1.